The molecule has 0 aliphatic rings. The summed E-state index contributed by atoms with van der Waals surface area (Å²) in [5, 5.41) is 1.61. The van der Waals surface area contributed by atoms with Crippen LogP contribution in [0, 0.1) is 0 Å². The van der Waals surface area contributed by atoms with Gasteiger partial charge in [-0.3, -0.25) is 14.2 Å². The number of likely N-dealkylation sites (N-methyl/N-ethyl adjacent to an activating group) is 1. The van der Waals surface area contributed by atoms with Crippen LogP contribution in [0.25, 0.3) is 10.8 Å². The van der Waals surface area contributed by atoms with Crippen molar-refractivity contribution in [1.29, 1.82) is 0 Å². The molecule has 1 unspecified atom stereocenters. The van der Waals surface area contributed by atoms with Gasteiger partial charge in [0.1, 0.15) is 19.8 Å². The van der Waals surface area contributed by atoms with E-state index in [0.29, 0.717) is 40.7 Å². The van der Waals surface area contributed by atoms with Crippen molar-refractivity contribution in [1.82, 2.24) is 4.72 Å². The first-order valence-electron chi connectivity index (χ1n) is 24.0. The number of rotatable bonds is 39. The lowest BCUT2D eigenvalue weighted by Crippen LogP contribution is -2.37. The summed E-state index contributed by atoms with van der Waals surface area (Å²) in [5.74, 6) is -0.916. The molecule has 13 nitrogen and oxygen atoms in total. The average molecular weight is 926 g/mol. The third kappa shape index (κ3) is 26.8. The van der Waals surface area contributed by atoms with Gasteiger partial charge in [-0.15, -0.1) is 0 Å². The lowest BCUT2D eigenvalue weighted by molar-refractivity contribution is -0.870. The highest BCUT2D eigenvalue weighted by molar-refractivity contribution is 7.89. The number of carbonyl (C=O) groups excluding carboxylic acids is 2. The van der Waals surface area contributed by atoms with Crippen LogP contribution < -0.4 is 14.5 Å². The predicted molar refractivity (Wildman–Crippen MR) is 253 cm³/mol. The lowest BCUT2D eigenvalue weighted by atomic mass is 10.0. The zero-order valence-corrected chi connectivity index (χ0v) is 41.6. The average Bonchev–Trinajstić information content (AvgIpc) is 3.22. The molecule has 15 heteroatoms. The summed E-state index contributed by atoms with van der Waals surface area (Å²) < 4.78 is 63.0. The molecular weight excluding hydrogens is 842 g/mol. The fourth-order valence-corrected chi connectivity index (χ4v) is 9.37. The zero-order valence-electron chi connectivity index (χ0n) is 39.9. The van der Waals surface area contributed by atoms with E-state index in [0.717, 1.165) is 81.7 Å². The molecule has 1 N–H and O–H groups in total. The number of ether oxygens (including phenoxy) is 2. The summed E-state index contributed by atoms with van der Waals surface area (Å²) in [5.41, 5.74) is 0.970. The van der Waals surface area contributed by atoms with E-state index in [2.05, 4.69) is 11.6 Å². The zero-order chi connectivity index (χ0) is 46.4. The number of nitrogens with zero attached hydrogens (tertiary/aromatic N) is 2. The number of quaternary nitrogens is 1. The Kier molecular flexibility index (Phi) is 28.9. The number of phosphoric ester groups is 1. The molecule has 0 aliphatic heterocycles. The van der Waals surface area contributed by atoms with E-state index in [1.807, 2.05) is 64.4 Å². The fraction of sp³-hybridized carbons (Fsp3) is 0.750. The number of anilines is 1. The second-order valence-electron chi connectivity index (χ2n) is 18.2. The second-order valence-corrected chi connectivity index (χ2v) is 21.4. The molecular formula is C48H84N3O10PS. The molecule has 2 aromatic rings. The maximum atomic E-state index is 13.2. The van der Waals surface area contributed by atoms with Crippen molar-refractivity contribution in [2.45, 2.75) is 172 Å². The second kappa shape index (κ2) is 32.2. The van der Waals surface area contributed by atoms with E-state index in [1.165, 1.54) is 57.8 Å². The van der Waals surface area contributed by atoms with Gasteiger partial charge in [0.15, 0.2) is 6.10 Å². The standard InChI is InChI=1S/C48H84N3O10PS/c1-7-8-9-10-11-12-13-14-15-17-20-23-26-35-47(52)58-40-42(41-60-62(54,55)59-39-38-51(4,5)6)61-48(53)36-27-24-21-18-16-19-22-25-28-37-49-63(56,57)46-34-30-31-43-44(46)32-29-33-45(43)50(2)3/h29-34,42,49H,7-28,35-41H2,1-6H3/t42-/m1/s1. The molecule has 0 heterocycles. The molecule has 0 saturated carbocycles. The molecule has 2 aromatic carbocycles. The summed E-state index contributed by atoms with van der Waals surface area (Å²) in [4.78, 5) is 40.0. The molecule has 0 saturated heterocycles. The number of hydrogen-bond acceptors (Lipinski definition) is 11. The van der Waals surface area contributed by atoms with Crippen molar-refractivity contribution in [3.05, 3.63) is 36.4 Å². The third-order valence-corrected chi connectivity index (χ3v) is 13.6. The number of phosphoric acid groups is 1. The first-order chi connectivity index (χ1) is 30.0. The summed E-state index contributed by atoms with van der Waals surface area (Å²) in [6.07, 6.45) is 23.2. The minimum Gasteiger partial charge on any atom is -0.756 e. The Morgan fingerprint density at radius 3 is 1.71 bits per heavy atom. The molecule has 0 radical (unpaired) electrons. The maximum Gasteiger partial charge on any atom is 0.306 e. The molecule has 0 aromatic heterocycles. The van der Waals surface area contributed by atoms with E-state index < -0.39 is 42.5 Å². The van der Waals surface area contributed by atoms with Crippen molar-refractivity contribution in [2.75, 3.05) is 73.0 Å². The predicted octanol–water partition coefficient (Wildman–Crippen LogP) is 10.2. The molecule has 0 aliphatic carbocycles. The first kappa shape index (κ1) is 56.5. The number of nitrogens with one attached hydrogen (secondary N) is 1. The van der Waals surface area contributed by atoms with Gasteiger partial charge < -0.3 is 32.8 Å². The molecule has 2 rings (SSSR count). The fourth-order valence-electron chi connectivity index (χ4n) is 7.35. The number of esters is 2. The monoisotopic (exact) mass is 926 g/mol. The molecule has 0 spiro atoms. The van der Waals surface area contributed by atoms with Crippen LogP contribution in [0.15, 0.2) is 41.3 Å². The van der Waals surface area contributed by atoms with Gasteiger partial charge in [0.2, 0.25) is 10.0 Å². The van der Waals surface area contributed by atoms with Gasteiger partial charge in [-0.25, -0.2) is 13.1 Å². The highest BCUT2D eigenvalue weighted by Gasteiger charge is 2.22. The van der Waals surface area contributed by atoms with Crippen LogP contribution in [0.5, 0.6) is 0 Å². The largest absolute Gasteiger partial charge is 0.756 e. The lowest BCUT2D eigenvalue weighted by Gasteiger charge is -2.28. The van der Waals surface area contributed by atoms with Crippen molar-refractivity contribution in [2.24, 2.45) is 0 Å². The topological polar surface area (TPSA) is 161 Å². The highest BCUT2D eigenvalue weighted by Crippen LogP contribution is 2.38. The van der Waals surface area contributed by atoms with Crippen molar-refractivity contribution < 1.29 is 50.5 Å². The Balaban J connectivity index is 1.64. The Morgan fingerprint density at radius 2 is 1.17 bits per heavy atom. The normalized spacial score (nSPS) is 13.5. The third-order valence-electron chi connectivity index (χ3n) is 11.1. The number of benzene rings is 2. The Morgan fingerprint density at radius 1 is 0.683 bits per heavy atom. The molecule has 63 heavy (non-hydrogen) atoms. The van der Waals surface area contributed by atoms with Crippen molar-refractivity contribution >= 4 is 46.2 Å². The maximum absolute atomic E-state index is 13.2. The van der Waals surface area contributed by atoms with Crippen molar-refractivity contribution in [3.63, 3.8) is 0 Å². The van der Waals surface area contributed by atoms with Gasteiger partial charge in [0.25, 0.3) is 7.82 Å². The van der Waals surface area contributed by atoms with E-state index in [4.69, 9.17) is 18.5 Å². The molecule has 362 valence electrons. The highest BCUT2D eigenvalue weighted by atomic mass is 32.2. The van der Waals surface area contributed by atoms with Gasteiger partial charge in [-0.1, -0.05) is 153 Å². The molecule has 0 fully saturated rings. The molecule has 0 bridgehead atoms. The van der Waals surface area contributed by atoms with Crippen LogP contribution in [0.4, 0.5) is 5.69 Å². The van der Waals surface area contributed by atoms with Crippen molar-refractivity contribution in [3.8, 4) is 0 Å². The minimum atomic E-state index is -4.67. The van der Waals surface area contributed by atoms with Gasteiger partial charge in [0.05, 0.1) is 32.6 Å². The van der Waals surface area contributed by atoms with Crippen LogP contribution >= 0.6 is 7.82 Å². The summed E-state index contributed by atoms with van der Waals surface area (Å²) in [6, 6.07) is 11.1. The van der Waals surface area contributed by atoms with Gasteiger partial charge in [0, 0.05) is 49.9 Å². The van der Waals surface area contributed by atoms with E-state index in [-0.39, 0.29) is 26.1 Å². The summed E-state index contributed by atoms with van der Waals surface area (Å²) >= 11 is 0. The Hall–Kier alpha value is -2.58. The van der Waals surface area contributed by atoms with E-state index >= 15 is 0 Å². The summed E-state index contributed by atoms with van der Waals surface area (Å²) in [7, 11) is 1.32. The Bertz CT molecular complexity index is 1720. The number of fused-ring (bicyclic) bond motifs is 1. The van der Waals surface area contributed by atoms with Gasteiger partial charge in [-0.2, -0.15) is 0 Å². The number of carbonyl (C=O) groups is 2. The van der Waals surface area contributed by atoms with Crippen LogP contribution in [0.1, 0.15) is 161 Å². The number of hydrogen-bond donors (Lipinski definition) is 1. The Labute approximate surface area is 381 Å². The van der Waals surface area contributed by atoms with Gasteiger partial charge in [-0.05, 0) is 31.4 Å². The molecule has 2 atom stereocenters. The molecule has 0 amide bonds. The minimum absolute atomic E-state index is 0.0572. The van der Waals surface area contributed by atoms with Gasteiger partial charge >= 0.3 is 11.9 Å². The summed E-state index contributed by atoms with van der Waals surface area (Å²) in [6.45, 7) is 2.22. The van der Waals surface area contributed by atoms with Crippen LogP contribution in [0.2, 0.25) is 0 Å². The quantitative estimate of drug-likeness (QED) is 0.0294. The van der Waals surface area contributed by atoms with Crippen LogP contribution in [0.3, 0.4) is 0 Å². The van der Waals surface area contributed by atoms with Crippen LogP contribution in [-0.4, -0.2) is 99.1 Å². The number of unbranched alkanes of at least 4 members (excludes halogenated alkanes) is 20. The SMILES string of the molecule is CCCCCCCCCCCCCCCC(=O)OC[C@H](COP(=O)([O-])OCC[N+](C)(C)C)OC(=O)CCCCCCCCCCCNS(=O)(=O)c1cccc2c(N(C)C)cccc12. The first-order valence-corrected chi connectivity index (χ1v) is 26.9. The van der Waals surface area contributed by atoms with E-state index in [1.54, 1.807) is 12.1 Å². The van der Waals surface area contributed by atoms with Crippen LogP contribution in [-0.2, 0) is 42.7 Å². The number of sulfonamides is 1. The van der Waals surface area contributed by atoms with E-state index in [9.17, 15) is 27.5 Å². The smallest absolute Gasteiger partial charge is 0.306 e.